The van der Waals surface area contributed by atoms with E-state index in [1.165, 1.54) is 5.69 Å². The summed E-state index contributed by atoms with van der Waals surface area (Å²) in [5, 5.41) is 9.45. The number of hydrogen-bond donors (Lipinski definition) is 1. The number of hydrogen-bond acceptors (Lipinski definition) is 5. The van der Waals surface area contributed by atoms with Crippen LogP contribution in [0.3, 0.4) is 0 Å². The molecule has 0 saturated heterocycles. The zero-order chi connectivity index (χ0) is 13.4. The molecule has 6 heteroatoms. The number of imidazole rings is 1. The van der Waals surface area contributed by atoms with Crippen LogP contribution in [0.1, 0.15) is 28.4 Å². The van der Waals surface area contributed by atoms with Gasteiger partial charge in [-0.15, -0.1) is 11.3 Å². The molecule has 3 aromatic heterocycles. The molecule has 0 bridgehead atoms. The van der Waals surface area contributed by atoms with Crippen molar-refractivity contribution in [3.05, 3.63) is 40.0 Å². The first-order chi connectivity index (χ1) is 9.16. The van der Waals surface area contributed by atoms with Crippen molar-refractivity contribution in [2.24, 2.45) is 0 Å². The van der Waals surface area contributed by atoms with Crippen molar-refractivity contribution in [2.45, 2.75) is 33.9 Å². The fourth-order valence-corrected chi connectivity index (χ4v) is 2.99. The topological polar surface area (TPSA) is 55.4 Å². The van der Waals surface area contributed by atoms with Crippen LogP contribution < -0.4 is 5.32 Å². The SMILES string of the molecule is Cc1noc(C)c1CNCc1c(C)nc2sccn12. The van der Waals surface area contributed by atoms with E-state index < -0.39 is 0 Å². The van der Waals surface area contributed by atoms with E-state index in [9.17, 15) is 0 Å². The smallest absolute Gasteiger partial charge is 0.194 e. The van der Waals surface area contributed by atoms with Crippen LogP contribution in [0.25, 0.3) is 4.96 Å². The van der Waals surface area contributed by atoms with Gasteiger partial charge in [0.25, 0.3) is 0 Å². The fraction of sp³-hybridized carbons (Fsp3) is 0.385. The highest BCUT2D eigenvalue weighted by molar-refractivity contribution is 7.15. The molecule has 3 heterocycles. The summed E-state index contributed by atoms with van der Waals surface area (Å²) in [6, 6.07) is 0. The second-order valence-electron chi connectivity index (χ2n) is 4.61. The first-order valence-electron chi connectivity index (χ1n) is 6.20. The molecule has 3 rings (SSSR count). The van der Waals surface area contributed by atoms with E-state index in [-0.39, 0.29) is 0 Å². The second kappa shape index (κ2) is 4.79. The van der Waals surface area contributed by atoms with Crippen molar-refractivity contribution in [1.29, 1.82) is 0 Å². The number of rotatable bonds is 4. The summed E-state index contributed by atoms with van der Waals surface area (Å²) in [6.07, 6.45) is 2.06. The zero-order valence-corrected chi connectivity index (χ0v) is 12.0. The van der Waals surface area contributed by atoms with E-state index >= 15 is 0 Å². The molecule has 0 atom stereocenters. The second-order valence-corrected chi connectivity index (χ2v) is 5.48. The Balaban J connectivity index is 1.73. The van der Waals surface area contributed by atoms with Crippen molar-refractivity contribution in [3.63, 3.8) is 0 Å². The van der Waals surface area contributed by atoms with Gasteiger partial charge in [0, 0.05) is 30.2 Å². The minimum absolute atomic E-state index is 0.762. The molecule has 0 amide bonds. The van der Waals surface area contributed by atoms with Gasteiger partial charge in [0.1, 0.15) is 5.76 Å². The highest BCUT2D eigenvalue weighted by Gasteiger charge is 2.11. The standard InChI is InChI=1S/C13H16N4OS/c1-8-11(10(3)18-16-8)6-14-7-12-9(2)15-13-17(12)4-5-19-13/h4-5,14H,6-7H2,1-3H3. The molecule has 5 nitrogen and oxygen atoms in total. The Morgan fingerprint density at radius 2 is 2.11 bits per heavy atom. The third-order valence-electron chi connectivity index (χ3n) is 3.34. The van der Waals surface area contributed by atoms with Crippen LogP contribution in [0.2, 0.25) is 0 Å². The average molecular weight is 276 g/mol. The number of fused-ring (bicyclic) bond motifs is 1. The lowest BCUT2D eigenvalue weighted by molar-refractivity contribution is 0.392. The third-order valence-corrected chi connectivity index (χ3v) is 4.09. The van der Waals surface area contributed by atoms with E-state index in [1.54, 1.807) is 11.3 Å². The Morgan fingerprint density at radius 1 is 1.26 bits per heavy atom. The molecule has 19 heavy (non-hydrogen) atoms. The predicted molar refractivity (Wildman–Crippen MR) is 74.3 cm³/mol. The Kier molecular flexibility index (Phi) is 3.12. The molecular formula is C13H16N4OS. The van der Waals surface area contributed by atoms with Gasteiger partial charge in [-0.3, -0.25) is 4.40 Å². The largest absolute Gasteiger partial charge is 0.361 e. The normalized spacial score (nSPS) is 11.5. The number of nitrogens with one attached hydrogen (secondary N) is 1. The molecule has 0 radical (unpaired) electrons. The lowest BCUT2D eigenvalue weighted by atomic mass is 10.2. The first-order valence-corrected chi connectivity index (χ1v) is 7.08. The van der Waals surface area contributed by atoms with Gasteiger partial charge >= 0.3 is 0 Å². The van der Waals surface area contributed by atoms with Gasteiger partial charge < -0.3 is 9.84 Å². The van der Waals surface area contributed by atoms with Crippen LogP contribution in [-0.4, -0.2) is 14.5 Å². The Labute approximate surface area is 115 Å². The van der Waals surface area contributed by atoms with Crippen molar-refractivity contribution in [1.82, 2.24) is 19.9 Å². The van der Waals surface area contributed by atoms with E-state index in [0.717, 1.165) is 40.8 Å². The van der Waals surface area contributed by atoms with Gasteiger partial charge in [0.2, 0.25) is 0 Å². The van der Waals surface area contributed by atoms with Crippen LogP contribution in [0.15, 0.2) is 16.1 Å². The van der Waals surface area contributed by atoms with Crippen LogP contribution in [-0.2, 0) is 13.1 Å². The summed E-state index contributed by atoms with van der Waals surface area (Å²) in [5.74, 6) is 0.885. The summed E-state index contributed by atoms with van der Waals surface area (Å²) < 4.78 is 7.30. The van der Waals surface area contributed by atoms with Crippen molar-refractivity contribution in [3.8, 4) is 0 Å². The molecule has 0 saturated carbocycles. The third kappa shape index (κ3) is 2.17. The lowest BCUT2D eigenvalue weighted by Crippen LogP contribution is -2.15. The molecule has 100 valence electrons. The van der Waals surface area contributed by atoms with E-state index in [1.807, 2.05) is 20.8 Å². The summed E-state index contributed by atoms with van der Waals surface area (Å²) in [5.41, 5.74) is 4.39. The summed E-state index contributed by atoms with van der Waals surface area (Å²) >= 11 is 1.66. The Bertz CT molecular complexity index is 690. The van der Waals surface area contributed by atoms with Crippen LogP contribution in [0.5, 0.6) is 0 Å². The predicted octanol–water partition coefficient (Wildman–Crippen LogP) is 2.60. The molecule has 1 N–H and O–H groups in total. The highest BCUT2D eigenvalue weighted by Crippen LogP contribution is 2.17. The van der Waals surface area contributed by atoms with Gasteiger partial charge in [0.05, 0.1) is 17.1 Å². The lowest BCUT2D eigenvalue weighted by Gasteiger charge is -2.04. The molecule has 0 aliphatic rings. The maximum atomic E-state index is 5.16. The fourth-order valence-electron chi connectivity index (χ4n) is 2.21. The molecule has 0 aliphatic heterocycles. The summed E-state index contributed by atoms with van der Waals surface area (Å²) in [6.45, 7) is 7.51. The van der Waals surface area contributed by atoms with Crippen LogP contribution in [0, 0.1) is 20.8 Å². The summed E-state index contributed by atoms with van der Waals surface area (Å²) in [4.78, 5) is 5.58. The van der Waals surface area contributed by atoms with Crippen LogP contribution in [0.4, 0.5) is 0 Å². The minimum atomic E-state index is 0.762. The zero-order valence-electron chi connectivity index (χ0n) is 11.2. The molecule has 0 unspecified atom stereocenters. The quantitative estimate of drug-likeness (QED) is 0.796. The Hall–Kier alpha value is -1.66. The number of aryl methyl sites for hydroxylation is 3. The molecule has 0 aliphatic carbocycles. The van der Waals surface area contributed by atoms with Crippen LogP contribution >= 0.6 is 11.3 Å². The van der Waals surface area contributed by atoms with E-state index in [4.69, 9.17) is 4.52 Å². The maximum Gasteiger partial charge on any atom is 0.194 e. The number of thiazole rings is 1. The maximum absolute atomic E-state index is 5.16. The van der Waals surface area contributed by atoms with Gasteiger partial charge in [-0.05, 0) is 20.8 Å². The molecule has 0 spiro atoms. The van der Waals surface area contributed by atoms with Crippen molar-refractivity contribution < 1.29 is 4.52 Å². The van der Waals surface area contributed by atoms with Crippen molar-refractivity contribution in [2.75, 3.05) is 0 Å². The Morgan fingerprint density at radius 3 is 2.84 bits per heavy atom. The molecular weight excluding hydrogens is 260 g/mol. The summed E-state index contributed by atoms with van der Waals surface area (Å²) in [7, 11) is 0. The molecule has 3 aromatic rings. The van der Waals surface area contributed by atoms with E-state index in [2.05, 4.69) is 31.4 Å². The van der Waals surface area contributed by atoms with Gasteiger partial charge in [-0.1, -0.05) is 5.16 Å². The highest BCUT2D eigenvalue weighted by atomic mass is 32.1. The van der Waals surface area contributed by atoms with Gasteiger partial charge in [0.15, 0.2) is 4.96 Å². The number of aromatic nitrogens is 3. The average Bonchev–Trinajstić information content (AvgIpc) is 3.01. The molecule has 0 aromatic carbocycles. The minimum Gasteiger partial charge on any atom is -0.361 e. The number of nitrogens with zero attached hydrogens (tertiary/aromatic N) is 3. The van der Waals surface area contributed by atoms with Gasteiger partial charge in [-0.25, -0.2) is 4.98 Å². The molecule has 0 fully saturated rings. The van der Waals surface area contributed by atoms with E-state index in [0.29, 0.717) is 0 Å². The van der Waals surface area contributed by atoms with Gasteiger partial charge in [-0.2, -0.15) is 0 Å². The first kappa shape index (κ1) is 12.4. The monoisotopic (exact) mass is 276 g/mol. The van der Waals surface area contributed by atoms with Crippen molar-refractivity contribution >= 4 is 16.3 Å².